The van der Waals surface area contributed by atoms with Gasteiger partial charge in [-0.1, -0.05) is 0 Å². The minimum atomic E-state index is -0.610. The first-order chi connectivity index (χ1) is 9.60. The van der Waals surface area contributed by atoms with Crippen LogP contribution >= 0.6 is 0 Å². The Bertz CT molecular complexity index is 622. The van der Waals surface area contributed by atoms with Gasteiger partial charge in [0.15, 0.2) is 5.96 Å². The molecule has 3 N–H and O–H groups in total. The van der Waals surface area contributed by atoms with Crippen molar-refractivity contribution in [3.8, 4) is 0 Å². The van der Waals surface area contributed by atoms with Crippen molar-refractivity contribution in [3.63, 3.8) is 0 Å². The normalized spacial score (nSPS) is 11.7. The molecule has 0 amide bonds. The molecule has 106 valence electrons. The SMILES string of the molecule is CCn1ncnc1CN=C(N)Nc1cc(F)ccc1F. The average molecular weight is 280 g/mol. The highest BCUT2D eigenvalue weighted by molar-refractivity contribution is 5.92. The molecule has 0 saturated heterocycles. The summed E-state index contributed by atoms with van der Waals surface area (Å²) in [5.41, 5.74) is 5.56. The van der Waals surface area contributed by atoms with Crippen LogP contribution in [0.25, 0.3) is 0 Å². The van der Waals surface area contributed by atoms with Gasteiger partial charge >= 0.3 is 0 Å². The molecule has 2 aromatic rings. The molecule has 0 aliphatic heterocycles. The fraction of sp³-hybridized carbons (Fsp3) is 0.250. The van der Waals surface area contributed by atoms with Gasteiger partial charge in [0, 0.05) is 12.6 Å². The summed E-state index contributed by atoms with van der Waals surface area (Å²) >= 11 is 0. The zero-order valence-electron chi connectivity index (χ0n) is 10.8. The summed E-state index contributed by atoms with van der Waals surface area (Å²) < 4.78 is 28.1. The molecule has 0 aliphatic rings. The summed E-state index contributed by atoms with van der Waals surface area (Å²) in [6.07, 6.45) is 1.42. The summed E-state index contributed by atoms with van der Waals surface area (Å²) in [6, 6.07) is 3.04. The van der Waals surface area contributed by atoms with Crippen molar-refractivity contribution in [3.05, 3.63) is 42.0 Å². The number of nitrogens with zero attached hydrogens (tertiary/aromatic N) is 4. The minimum Gasteiger partial charge on any atom is -0.370 e. The lowest BCUT2D eigenvalue weighted by Crippen LogP contribution is -2.23. The maximum atomic E-state index is 13.4. The van der Waals surface area contributed by atoms with Gasteiger partial charge in [-0.05, 0) is 19.1 Å². The van der Waals surface area contributed by atoms with Crippen LogP contribution in [0.5, 0.6) is 0 Å². The summed E-state index contributed by atoms with van der Waals surface area (Å²) in [7, 11) is 0. The molecule has 2 rings (SSSR count). The Balaban J connectivity index is 2.06. The van der Waals surface area contributed by atoms with E-state index in [0.29, 0.717) is 12.4 Å². The topological polar surface area (TPSA) is 81.1 Å². The minimum absolute atomic E-state index is 0.0276. The number of halogens is 2. The first-order valence-corrected chi connectivity index (χ1v) is 5.99. The lowest BCUT2D eigenvalue weighted by atomic mass is 10.3. The molecule has 1 aromatic carbocycles. The Morgan fingerprint density at radius 3 is 3.00 bits per heavy atom. The van der Waals surface area contributed by atoms with Crippen LogP contribution in [0.15, 0.2) is 29.5 Å². The standard InChI is InChI=1S/C12H14F2N6/c1-2-20-11(17-7-18-20)6-16-12(15)19-10-5-8(13)3-4-9(10)14/h3-5,7H,2,6H2,1H3,(H3,15,16,19). The second-order valence-corrected chi connectivity index (χ2v) is 3.94. The van der Waals surface area contributed by atoms with Crippen molar-refractivity contribution >= 4 is 11.6 Å². The highest BCUT2D eigenvalue weighted by Gasteiger charge is 2.05. The zero-order chi connectivity index (χ0) is 14.5. The van der Waals surface area contributed by atoms with E-state index in [2.05, 4.69) is 20.4 Å². The van der Waals surface area contributed by atoms with Crippen LogP contribution in [-0.4, -0.2) is 20.7 Å². The number of hydrogen-bond donors (Lipinski definition) is 2. The Morgan fingerprint density at radius 2 is 2.25 bits per heavy atom. The van der Waals surface area contributed by atoms with E-state index in [9.17, 15) is 8.78 Å². The molecule has 0 aliphatic carbocycles. The third kappa shape index (κ3) is 3.28. The molecule has 0 saturated carbocycles. The Kier molecular flexibility index (Phi) is 4.24. The van der Waals surface area contributed by atoms with Crippen molar-refractivity contribution in [1.82, 2.24) is 14.8 Å². The quantitative estimate of drug-likeness (QED) is 0.657. The van der Waals surface area contributed by atoms with Crippen molar-refractivity contribution in [1.29, 1.82) is 0 Å². The number of aromatic nitrogens is 3. The summed E-state index contributed by atoms with van der Waals surface area (Å²) in [5, 5.41) is 6.49. The lowest BCUT2D eigenvalue weighted by molar-refractivity contribution is 0.603. The second-order valence-electron chi connectivity index (χ2n) is 3.94. The van der Waals surface area contributed by atoms with Crippen LogP contribution in [0.4, 0.5) is 14.5 Å². The number of nitrogens with two attached hydrogens (primary N) is 1. The highest BCUT2D eigenvalue weighted by atomic mass is 19.1. The van der Waals surface area contributed by atoms with Gasteiger partial charge in [-0.3, -0.25) is 0 Å². The van der Waals surface area contributed by atoms with Gasteiger partial charge in [0.05, 0.1) is 5.69 Å². The fourth-order valence-electron chi connectivity index (χ4n) is 1.60. The van der Waals surface area contributed by atoms with Crippen LogP contribution in [0.1, 0.15) is 12.7 Å². The summed E-state index contributed by atoms with van der Waals surface area (Å²) in [5.74, 6) is -0.564. The van der Waals surface area contributed by atoms with Crippen LogP contribution in [0.2, 0.25) is 0 Å². The third-order valence-electron chi connectivity index (χ3n) is 2.58. The van der Waals surface area contributed by atoms with E-state index < -0.39 is 11.6 Å². The maximum Gasteiger partial charge on any atom is 0.193 e. The van der Waals surface area contributed by atoms with Gasteiger partial charge in [0.2, 0.25) is 0 Å². The van der Waals surface area contributed by atoms with Crippen LogP contribution in [-0.2, 0) is 13.1 Å². The van der Waals surface area contributed by atoms with Gasteiger partial charge in [-0.15, -0.1) is 0 Å². The van der Waals surface area contributed by atoms with Crippen molar-refractivity contribution in [2.24, 2.45) is 10.7 Å². The smallest absolute Gasteiger partial charge is 0.193 e. The number of rotatable bonds is 4. The summed E-state index contributed by atoms with van der Waals surface area (Å²) in [4.78, 5) is 8.04. The van der Waals surface area contributed by atoms with E-state index >= 15 is 0 Å². The van der Waals surface area contributed by atoms with Gasteiger partial charge < -0.3 is 11.1 Å². The van der Waals surface area contributed by atoms with E-state index in [1.54, 1.807) is 4.68 Å². The lowest BCUT2D eigenvalue weighted by Gasteiger charge is -2.07. The third-order valence-corrected chi connectivity index (χ3v) is 2.58. The molecule has 20 heavy (non-hydrogen) atoms. The van der Waals surface area contributed by atoms with E-state index in [1.165, 1.54) is 6.33 Å². The van der Waals surface area contributed by atoms with Gasteiger partial charge in [0.1, 0.15) is 30.3 Å². The van der Waals surface area contributed by atoms with E-state index in [0.717, 1.165) is 18.2 Å². The predicted octanol–water partition coefficient (Wildman–Crippen LogP) is 1.50. The molecule has 0 atom stereocenters. The average Bonchev–Trinajstić information content (AvgIpc) is 2.88. The molecule has 1 heterocycles. The van der Waals surface area contributed by atoms with Crippen molar-refractivity contribution in [2.45, 2.75) is 20.0 Å². The number of benzene rings is 1. The maximum absolute atomic E-state index is 13.4. The molecule has 0 bridgehead atoms. The molecular weight excluding hydrogens is 266 g/mol. The van der Waals surface area contributed by atoms with Crippen LogP contribution in [0.3, 0.4) is 0 Å². The molecule has 0 radical (unpaired) electrons. The van der Waals surface area contributed by atoms with Gasteiger partial charge in [-0.25, -0.2) is 23.4 Å². The molecule has 8 heteroatoms. The number of nitrogens with one attached hydrogen (secondary N) is 1. The summed E-state index contributed by atoms with van der Waals surface area (Å²) in [6.45, 7) is 2.78. The van der Waals surface area contributed by atoms with Gasteiger partial charge in [0.25, 0.3) is 0 Å². The highest BCUT2D eigenvalue weighted by Crippen LogP contribution is 2.14. The van der Waals surface area contributed by atoms with Crippen LogP contribution in [0, 0.1) is 11.6 Å². The van der Waals surface area contributed by atoms with Crippen LogP contribution < -0.4 is 11.1 Å². The number of anilines is 1. The number of hydrogen-bond acceptors (Lipinski definition) is 3. The largest absolute Gasteiger partial charge is 0.370 e. The number of guanidine groups is 1. The first-order valence-electron chi connectivity index (χ1n) is 5.99. The van der Waals surface area contributed by atoms with Crippen molar-refractivity contribution < 1.29 is 8.78 Å². The Labute approximate surface area is 114 Å². The zero-order valence-corrected chi connectivity index (χ0v) is 10.8. The molecular formula is C12H14F2N6. The predicted molar refractivity (Wildman–Crippen MR) is 71.0 cm³/mol. The van der Waals surface area contributed by atoms with E-state index in [-0.39, 0.29) is 18.2 Å². The molecule has 0 fully saturated rings. The monoisotopic (exact) mass is 280 g/mol. The van der Waals surface area contributed by atoms with E-state index in [4.69, 9.17) is 5.73 Å². The molecule has 1 aromatic heterocycles. The Morgan fingerprint density at radius 1 is 1.45 bits per heavy atom. The first kappa shape index (κ1) is 13.9. The molecule has 6 nitrogen and oxygen atoms in total. The van der Waals surface area contributed by atoms with Gasteiger partial charge in [-0.2, -0.15) is 5.10 Å². The number of aryl methyl sites for hydroxylation is 1. The molecule has 0 spiro atoms. The Hall–Kier alpha value is -2.51. The second kappa shape index (κ2) is 6.09. The fourth-order valence-corrected chi connectivity index (χ4v) is 1.60. The van der Waals surface area contributed by atoms with E-state index in [1.807, 2.05) is 6.92 Å². The number of aliphatic imine (C=N–C) groups is 1. The molecule has 0 unspecified atom stereocenters. The van der Waals surface area contributed by atoms with Crippen molar-refractivity contribution in [2.75, 3.05) is 5.32 Å².